The molecule has 0 aromatic heterocycles. The number of unbranched alkanes of at least 4 members (excludes halogenated alkanes) is 16. The second kappa shape index (κ2) is 40.4. The highest BCUT2D eigenvalue weighted by molar-refractivity contribution is 7.47. The van der Waals surface area contributed by atoms with Gasteiger partial charge in [0.15, 0.2) is 6.10 Å². The first-order valence-electron chi connectivity index (χ1n) is 21.3. The number of rotatable bonds is 39. The van der Waals surface area contributed by atoms with E-state index in [0.717, 1.165) is 70.6 Å². The maximum Gasteiger partial charge on any atom is 0.472 e. The number of phosphoric ester groups is 1. The molecule has 10 heteroatoms. The zero-order valence-electron chi connectivity index (χ0n) is 34.2. The van der Waals surface area contributed by atoms with E-state index in [1.54, 1.807) is 0 Å². The fraction of sp³-hybridized carbons (Fsp3) is 0.727. The number of esters is 2. The lowest BCUT2D eigenvalue weighted by Crippen LogP contribution is -2.29. The zero-order chi connectivity index (χ0) is 39.6. The van der Waals surface area contributed by atoms with Crippen molar-refractivity contribution < 1.29 is 37.6 Å². The van der Waals surface area contributed by atoms with E-state index >= 15 is 0 Å². The molecular weight excluding hydrogens is 701 g/mol. The molecule has 0 aromatic carbocycles. The van der Waals surface area contributed by atoms with Crippen LogP contribution in [0, 0.1) is 0 Å². The standard InChI is InChI=1S/C44H78NO8P/c1-3-5-7-9-11-13-15-17-19-20-21-22-23-25-27-29-31-33-35-37-44(47)53-42(41-52-54(48,49)51-39-38-45)40-50-43(46)36-34-32-30-28-26-24-18-16-14-12-10-8-6-4-2/h11,13,16-19,21-22,25,27,42H,3-10,12,14-15,20,23-24,26,28-41,45H2,1-2H3,(H,48,49)/b13-11+,18-16+,19-17+,22-21+,27-25+/t42-/m1/s1. The van der Waals surface area contributed by atoms with Crippen LogP contribution < -0.4 is 5.73 Å². The van der Waals surface area contributed by atoms with Gasteiger partial charge in [-0.2, -0.15) is 0 Å². The number of phosphoric acid groups is 1. The normalized spacial score (nSPS) is 13.9. The Morgan fingerprint density at radius 3 is 1.50 bits per heavy atom. The molecule has 9 nitrogen and oxygen atoms in total. The van der Waals surface area contributed by atoms with Crippen LogP contribution in [0.5, 0.6) is 0 Å². The smallest absolute Gasteiger partial charge is 0.462 e. The Hall–Kier alpha value is -2.29. The van der Waals surface area contributed by atoms with Crippen LogP contribution in [0.3, 0.4) is 0 Å². The molecule has 0 radical (unpaired) electrons. The van der Waals surface area contributed by atoms with Crippen LogP contribution in [0.15, 0.2) is 60.8 Å². The van der Waals surface area contributed by atoms with Gasteiger partial charge >= 0.3 is 19.8 Å². The van der Waals surface area contributed by atoms with Gasteiger partial charge in [-0.15, -0.1) is 0 Å². The van der Waals surface area contributed by atoms with E-state index in [0.29, 0.717) is 12.8 Å². The first-order valence-corrected chi connectivity index (χ1v) is 22.8. The molecule has 0 aliphatic heterocycles. The monoisotopic (exact) mass is 780 g/mol. The van der Waals surface area contributed by atoms with Crippen molar-refractivity contribution in [1.82, 2.24) is 0 Å². The predicted octanol–water partition coefficient (Wildman–Crippen LogP) is 12.1. The second-order valence-electron chi connectivity index (χ2n) is 13.8. The summed E-state index contributed by atoms with van der Waals surface area (Å²) in [6.45, 7) is 3.63. The molecule has 3 N–H and O–H groups in total. The van der Waals surface area contributed by atoms with Gasteiger partial charge in [0.25, 0.3) is 0 Å². The molecule has 0 aliphatic rings. The van der Waals surface area contributed by atoms with Gasteiger partial charge in [-0.05, 0) is 83.5 Å². The van der Waals surface area contributed by atoms with Crippen molar-refractivity contribution in [3.63, 3.8) is 0 Å². The molecule has 0 saturated heterocycles. The molecule has 0 rings (SSSR count). The van der Waals surface area contributed by atoms with Crippen molar-refractivity contribution in [2.24, 2.45) is 5.73 Å². The summed E-state index contributed by atoms with van der Waals surface area (Å²) in [4.78, 5) is 34.8. The Bertz CT molecular complexity index is 1070. The maximum atomic E-state index is 12.6. The van der Waals surface area contributed by atoms with Crippen LogP contribution >= 0.6 is 7.82 Å². The Balaban J connectivity index is 4.26. The molecule has 0 aliphatic carbocycles. The van der Waals surface area contributed by atoms with Gasteiger partial charge in [-0.1, -0.05) is 139 Å². The summed E-state index contributed by atoms with van der Waals surface area (Å²) in [5.41, 5.74) is 5.34. The minimum Gasteiger partial charge on any atom is -0.462 e. The third-order valence-corrected chi connectivity index (χ3v) is 9.61. The van der Waals surface area contributed by atoms with Gasteiger partial charge in [-0.25, -0.2) is 4.57 Å². The Morgan fingerprint density at radius 2 is 0.963 bits per heavy atom. The van der Waals surface area contributed by atoms with Crippen LogP contribution in [0.25, 0.3) is 0 Å². The number of hydrogen-bond donors (Lipinski definition) is 2. The van der Waals surface area contributed by atoms with Crippen molar-refractivity contribution in [3.05, 3.63) is 60.8 Å². The number of carbonyl (C=O) groups is 2. The third-order valence-electron chi connectivity index (χ3n) is 8.63. The fourth-order valence-electron chi connectivity index (χ4n) is 5.43. The Labute approximate surface area is 329 Å². The van der Waals surface area contributed by atoms with Crippen molar-refractivity contribution in [2.75, 3.05) is 26.4 Å². The highest BCUT2D eigenvalue weighted by Crippen LogP contribution is 2.43. The van der Waals surface area contributed by atoms with Crippen molar-refractivity contribution in [1.29, 1.82) is 0 Å². The molecule has 0 spiro atoms. The molecule has 2 atom stereocenters. The minimum absolute atomic E-state index is 0.0443. The fourth-order valence-corrected chi connectivity index (χ4v) is 6.20. The molecule has 0 amide bonds. The third kappa shape index (κ3) is 39.4. The highest BCUT2D eigenvalue weighted by Gasteiger charge is 2.25. The van der Waals surface area contributed by atoms with Gasteiger partial charge in [0.1, 0.15) is 6.61 Å². The summed E-state index contributed by atoms with van der Waals surface area (Å²) in [5.74, 6) is -0.879. The quantitative estimate of drug-likeness (QED) is 0.0270. The van der Waals surface area contributed by atoms with Crippen LogP contribution in [-0.4, -0.2) is 49.3 Å². The van der Waals surface area contributed by atoms with Crippen molar-refractivity contribution >= 4 is 19.8 Å². The van der Waals surface area contributed by atoms with Crippen molar-refractivity contribution in [3.8, 4) is 0 Å². The molecule has 312 valence electrons. The molecule has 1 unspecified atom stereocenters. The van der Waals surface area contributed by atoms with Crippen LogP contribution in [0.4, 0.5) is 0 Å². The van der Waals surface area contributed by atoms with E-state index in [1.807, 2.05) is 0 Å². The molecule has 0 heterocycles. The molecule has 54 heavy (non-hydrogen) atoms. The molecular formula is C44H78NO8P. The average Bonchev–Trinajstić information content (AvgIpc) is 3.16. The SMILES string of the molecule is CCCCC/C=C/C/C=C/C/C=C/C/C=C/CCCCCC(=O)O[C@H](COC(=O)CCCCCCC/C=C/CCCCCCC)COP(=O)(O)OCCN. The first-order chi connectivity index (χ1) is 26.3. The molecule has 0 bridgehead atoms. The minimum atomic E-state index is -4.39. The molecule has 0 saturated carbocycles. The zero-order valence-corrected chi connectivity index (χ0v) is 35.1. The summed E-state index contributed by atoms with van der Waals surface area (Å²) in [6.07, 6.45) is 46.7. The van der Waals surface area contributed by atoms with E-state index in [9.17, 15) is 19.0 Å². The van der Waals surface area contributed by atoms with E-state index < -0.39 is 32.5 Å². The Kier molecular flexibility index (Phi) is 38.7. The predicted molar refractivity (Wildman–Crippen MR) is 224 cm³/mol. The van der Waals surface area contributed by atoms with Gasteiger partial charge < -0.3 is 20.1 Å². The van der Waals surface area contributed by atoms with E-state index in [1.165, 1.54) is 64.2 Å². The van der Waals surface area contributed by atoms with Crippen molar-refractivity contribution in [2.45, 2.75) is 180 Å². The number of allylic oxidation sites excluding steroid dienone is 10. The van der Waals surface area contributed by atoms with Crippen LogP contribution in [0.1, 0.15) is 174 Å². The van der Waals surface area contributed by atoms with Gasteiger partial charge in [0.05, 0.1) is 13.2 Å². The van der Waals surface area contributed by atoms with Gasteiger partial charge in [-0.3, -0.25) is 18.6 Å². The number of nitrogens with two attached hydrogens (primary N) is 1. The van der Waals surface area contributed by atoms with Gasteiger partial charge in [0, 0.05) is 19.4 Å². The topological polar surface area (TPSA) is 134 Å². The van der Waals surface area contributed by atoms with E-state index in [4.69, 9.17) is 24.3 Å². The second-order valence-corrected chi connectivity index (χ2v) is 15.3. The highest BCUT2D eigenvalue weighted by atomic mass is 31.2. The maximum absolute atomic E-state index is 12.6. The van der Waals surface area contributed by atoms with E-state index in [-0.39, 0.29) is 32.6 Å². The van der Waals surface area contributed by atoms with E-state index in [2.05, 4.69) is 74.6 Å². The lowest BCUT2D eigenvalue weighted by atomic mass is 10.1. The molecule has 0 fully saturated rings. The van der Waals surface area contributed by atoms with Crippen LogP contribution in [-0.2, 0) is 32.7 Å². The first kappa shape index (κ1) is 51.7. The molecule has 0 aromatic rings. The summed E-state index contributed by atoms with van der Waals surface area (Å²) in [5, 5.41) is 0. The lowest BCUT2D eigenvalue weighted by Gasteiger charge is -2.19. The summed E-state index contributed by atoms with van der Waals surface area (Å²) < 4.78 is 32.7. The number of carbonyl (C=O) groups excluding carboxylic acids is 2. The number of hydrogen-bond acceptors (Lipinski definition) is 8. The number of ether oxygens (including phenoxy) is 2. The van der Waals surface area contributed by atoms with Gasteiger partial charge in [0.2, 0.25) is 0 Å². The lowest BCUT2D eigenvalue weighted by molar-refractivity contribution is -0.161. The Morgan fingerprint density at radius 1 is 0.556 bits per heavy atom. The average molecular weight is 780 g/mol. The summed E-state index contributed by atoms with van der Waals surface area (Å²) >= 11 is 0. The summed E-state index contributed by atoms with van der Waals surface area (Å²) in [6, 6.07) is 0. The summed E-state index contributed by atoms with van der Waals surface area (Å²) in [7, 11) is -4.39. The largest absolute Gasteiger partial charge is 0.472 e. The van der Waals surface area contributed by atoms with Crippen LogP contribution in [0.2, 0.25) is 0 Å².